The van der Waals surface area contributed by atoms with E-state index in [0.29, 0.717) is 0 Å². The minimum absolute atomic E-state index is 0.00624. The topological polar surface area (TPSA) is 142 Å². The Kier molecular flexibility index (Phi) is 7.84. The zero-order chi connectivity index (χ0) is 32.1. The Bertz CT molecular complexity index is 1980. The van der Waals surface area contributed by atoms with Crippen molar-refractivity contribution in [1.29, 1.82) is 0 Å². The largest absolute Gasteiger partial charge is 0.507 e. The number of pyridine rings is 2. The van der Waals surface area contributed by atoms with Gasteiger partial charge in [0.25, 0.3) is 0 Å². The summed E-state index contributed by atoms with van der Waals surface area (Å²) < 4.78 is 57.9. The lowest BCUT2D eigenvalue weighted by atomic mass is 10.1. The van der Waals surface area contributed by atoms with Gasteiger partial charge in [0.05, 0.1) is 34.3 Å². The number of nitrogens with zero attached hydrogens (tertiary/aromatic N) is 7. The van der Waals surface area contributed by atoms with Gasteiger partial charge < -0.3 is 14.9 Å². The zero-order valence-electron chi connectivity index (χ0n) is 24.3. The average molecular weight is 626 g/mol. The maximum absolute atomic E-state index is 15.9. The lowest BCUT2D eigenvalue weighted by Crippen LogP contribution is -2.54. The summed E-state index contributed by atoms with van der Waals surface area (Å²) in [7, 11) is -2.53. The fourth-order valence-corrected chi connectivity index (χ4v) is 5.81. The van der Waals surface area contributed by atoms with E-state index in [9.17, 15) is 27.5 Å². The van der Waals surface area contributed by atoms with E-state index in [-0.39, 0.29) is 65.5 Å². The number of fused-ring (bicyclic) bond motifs is 1. The first-order valence-electron chi connectivity index (χ1n) is 13.4. The van der Waals surface area contributed by atoms with Crippen molar-refractivity contribution < 1.29 is 27.1 Å². The first kappa shape index (κ1) is 30.5. The number of phenolic OH excluding ortho intramolecular Hbond substituents is 1. The van der Waals surface area contributed by atoms with E-state index in [4.69, 9.17) is 0 Å². The maximum Gasteiger partial charge on any atom is 0.355 e. The standard InChI is InChI=1S/C29H29F2N7O5S/c1-6-23(40)36-12-13-37(16(2)15-36)27-18-14-20(31)25(24-19(30)8-7-9-22(24)39)33-28(18)38(29(41)34-27)26-17(3)32-11-10-21(26)35(4)44(5,42)43/h6-11,14,16,39H,1,12-13,15H2,2-5H3/t16-/m0/s1. The molecule has 1 atom stereocenters. The average Bonchev–Trinajstić information content (AvgIpc) is 2.96. The van der Waals surface area contributed by atoms with Gasteiger partial charge in [-0.05, 0) is 44.2 Å². The van der Waals surface area contributed by atoms with Crippen LogP contribution in [-0.2, 0) is 14.8 Å². The van der Waals surface area contributed by atoms with E-state index in [1.165, 1.54) is 37.5 Å². The summed E-state index contributed by atoms with van der Waals surface area (Å²) in [5.74, 6) is -2.73. The van der Waals surface area contributed by atoms with Gasteiger partial charge in [0.2, 0.25) is 15.9 Å². The molecule has 0 unspecified atom stereocenters. The van der Waals surface area contributed by atoms with Gasteiger partial charge in [-0.3, -0.25) is 14.1 Å². The van der Waals surface area contributed by atoms with Crippen LogP contribution in [0, 0.1) is 18.6 Å². The first-order chi connectivity index (χ1) is 20.7. The van der Waals surface area contributed by atoms with Crippen molar-refractivity contribution in [2.75, 3.05) is 42.1 Å². The fourth-order valence-electron chi connectivity index (χ4n) is 5.30. The number of carbonyl (C=O) groups is 1. The van der Waals surface area contributed by atoms with Crippen molar-refractivity contribution in [3.63, 3.8) is 0 Å². The lowest BCUT2D eigenvalue weighted by molar-refractivity contribution is -0.126. The summed E-state index contributed by atoms with van der Waals surface area (Å²) in [6, 6.07) is 5.51. The molecule has 1 aromatic carbocycles. The predicted molar refractivity (Wildman–Crippen MR) is 162 cm³/mol. The van der Waals surface area contributed by atoms with Crippen molar-refractivity contribution in [1.82, 2.24) is 24.4 Å². The Morgan fingerprint density at radius 3 is 2.55 bits per heavy atom. The third kappa shape index (κ3) is 5.23. The SMILES string of the molecule is C=CC(=O)N1CCN(c2nc(=O)n(-c3c(N(C)S(C)(=O)=O)ccnc3C)c3nc(-c4c(O)cccc4F)c(F)cc23)[C@@H](C)C1. The van der Waals surface area contributed by atoms with E-state index in [0.717, 1.165) is 27.3 Å². The highest BCUT2D eigenvalue weighted by atomic mass is 32.2. The maximum atomic E-state index is 15.9. The number of carbonyl (C=O) groups excluding carboxylic acids is 1. The van der Waals surface area contributed by atoms with E-state index in [2.05, 4.69) is 21.5 Å². The quantitative estimate of drug-likeness (QED) is 0.320. The Balaban J connectivity index is 1.86. The van der Waals surface area contributed by atoms with Crippen LogP contribution in [0.5, 0.6) is 5.75 Å². The molecular formula is C29H29F2N7O5S. The number of hydrogen-bond donors (Lipinski definition) is 1. The third-order valence-corrected chi connectivity index (χ3v) is 8.75. The minimum Gasteiger partial charge on any atom is -0.507 e. The Hall–Kier alpha value is -4.92. The van der Waals surface area contributed by atoms with Crippen molar-refractivity contribution in [3.8, 4) is 22.7 Å². The van der Waals surface area contributed by atoms with Crippen molar-refractivity contribution in [2.45, 2.75) is 19.9 Å². The van der Waals surface area contributed by atoms with Gasteiger partial charge in [-0.1, -0.05) is 12.6 Å². The Labute approximate surface area is 251 Å². The second kappa shape index (κ2) is 11.3. The minimum atomic E-state index is -3.83. The summed E-state index contributed by atoms with van der Waals surface area (Å²) in [5.41, 5.74) is -1.89. The zero-order valence-corrected chi connectivity index (χ0v) is 25.1. The molecule has 0 aliphatic carbocycles. The highest BCUT2D eigenvalue weighted by molar-refractivity contribution is 7.92. The molecular weight excluding hydrogens is 596 g/mol. The van der Waals surface area contributed by atoms with Crippen molar-refractivity contribution in [3.05, 3.63) is 77.0 Å². The number of amides is 1. The van der Waals surface area contributed by atoms with Crippen LogP contribution in [0.2, 0.25) is 0 Å². The van der Waals surface area contributed by atoms with Crippen LogP contribution in [0.15, 0.2) is 54.0 Å². The van der Waals surface area contributed by atoms with Crippen LogP contribution >= 0.6 is 0 Å². The van der Waals surface area contributed by atoms with E-state index in [1.54, 1.807) is 16.7 Å². The van der Waals surface area contributed by atoms with Crippen LogP contribution in [0.1, 0.15) is 12.6 Å². The predicted octanol–water partition coefficient (Wildman–Crippen LogP) is 2.75. The number of benzene rings is 1. The van der Waals surface area contributed by atoms with Gasteiger partial charge in [-0.2, -0.15) is 4.98 Å². The number of phenols is 1. The van der Waals surface area contributed by atoms with Crippen LogP contribution in [0.25, 0.3) is 28.0 Å². The molecule has 0 radical (unpaired) electrons. The summed E-state index contributed by atoms with van der Waals surface area (Å²) in [6.45, 7) is 7.64. The highest BCUT2D eigenvalue weighted by Crippen LogP contribution is 2.37. The molecule has 0 saturated carbocycles. The second-order valence-corrected chi connectivity index (χ2v) is 12.4. The smallest absolute Gasteiger partial charge is 0.355 e. The van der Waals surface area contributed by atoms with Gasteiger partial charge in [-0.15, -0.1) is 0 Å². The number of sulfonamides is 1. The first-order valence-corrected chi connectivity index (χ1v) is 15.3. The van der Waals surface area contributed by atoms with Crippen LogP contribution < -0.4 is 14.9 Å². The molecule has 0 bridgehead atoms. The van der Waals surface area contributed by atoms with Crippen LogP contribution in [0.3, 0.4) is 0 Å². The number of hydrogen-bond acceptors (Lipinski definition) is 9. The van der Waals surface area contributed by atoms with Crippen molar-refractivity contribution >= 4 is 38.5 Å². The monoisotopic (exact) mass is 625 g/mol. The molecule has 230 valence electrons. The number of anilines is 2. The van der Waals surface area contributed by atoms with Gasteiger partial charge in [0, 0.05) is 38.9 Å². The van der Waals surface area contributed by atoms with Crippen LogP contribution in [-0.4, -0.2) is 82.8 Å². The molecule has 0 spiro atoms. The van der Waals surface area contributed by atoms with Crippen LogP contribution in [0.4, 0.5) is 20.3 Å². The third-order valence-electron chi connectivity index (χ3n) is 7.56. The molecule has 15 heteroatoms. The molecule has 12 nitrogen and oxygen atoms in total. The normalized spacial score (nSPS) is 15.5. The molecule has 1 aliphatic heterocycles. The van der Waals surface area contributed by atoms with E-state index >= 15 is 4.39 Å². The number of piperazine rings is 1. The molecule has 44 heavy (non-hydrogen) atoms. The molecule has 1 N–H and O–H groups in total. The Morgan fingerprint density at radius 1 is 1.18 bits per heavy atom. The summed E-state index contributed by atoms with van der Waals surface area (Å²) >= 11 is 0. The van der Waals surface area contributed by atoms with E-state index < -0.39 is 44.4 Å². The van der Waals surface area contributed by atoms with Gasteiger partial charge in [0.15, 0.2) is 11.5 Å². The molecule has 1 aliphatic rings. The summed E-state index contributed by atoms with van der Waals surface area (Å²) in [4.78, 5) is 42.5. The number of aromatic hydroxyl groups is 1. The lowest BCUT2D eigenvalue weighted by Gasteiger charge is -2.40. The highest BCUT2D eigenvalue weighted by Gasteiger charge is 2.31. The summed E-state index contributed by atoms with van der Waals surface area (Å²) in [5, 5.41) is 10.5. The molecule has 4 heterocycles. The van der Waals surface area contributed by atoms with Crippen molar-refractivity contribution in [2.24, 2.45) is 0 Å². The molecule has 3 aromatic heterocycles. The molecule has 5 rings (SSSR count). The molecule has 1 saturated heterocycles. The number of aryl methyl sites for hydroxylation is 1. The number of halogens is 2. The second-order valence-electron chi connectivity index (χ2n) is 10.4. The van der Waals surface area contributed by atoms with E-state index in [1.807, 2.05) is 6.92 Å². The molecule has 1 amide bonds. The molecule has 1 fully saturated rings. The fraction of sp³-hybridized carbons (Fsp3) is 0.276. The van der Waals surface area contributed by atoms with Gasteiger partial charge >= 0.3 is 5.69 Å². The number of aromatic nitrogens is 4. The molecule has 4 aromatic rings. The summed E-state index contributed by atoms with van der Waals surface area (Å²) in [6.07, 6.45) is 3.56. The van der Waals surface area contributed by atoms with Gasteiger partial charge in [0.1, 0.15) is 23.1 Å². The Morgan fingerprint density at radius 2 is 1.91 bits per heavy atom. The van der Waals surface area contributed by atoms with Gasteiger partial charge in [-0.25, -0.2) is 31.5 Å². The number of rotatable bonds is 6.